The van der Waals surface area contributed by atoms with E-state index in [1.54, 1.807) is 19.3 Å². The van der Waals surface area contributed by atoms with Gasteiger partial charge in [0.05, 0.1) is 7.11 Å². The molecule has 0 aromatic heterocycles. The first kappa shape index (κ1) is 21.0. The van der Waals surface area contributed by atoms with Crippen LogP contribution in [0.4, 0.5) is 0 Å². The number of nitrogens with one attached hydrogen (secondary N) is 3. The average Bonchev–Trinajstić information content (AvgIpc) is 2.74. The van der Waals surface area contributed by atoms with Crippen LogP contribution in [0.1, 0.15) is 11.1 Å². The van der Waals surface area contributed by atoms with Crippen molar-refractivity contribution in [1.82, 2.24) is 16.2 Å². The molecule has 0 unspecified atom stereocenters. The number of amides is 1. The second kappa shape index (κ2) is 11.4. The molecule has 0 bridgehead atoms. The SMILES string of the molecule is C=CCOc1ccc(/C=C/C(=O)NNC(=S)NCc2ccc(OC)cc2)cc1. The van der Waals surface area contributed by atoms with E-state index in [2.05, 4.69) is 22.7 Å². The number of carbonyl (C=O) groups excluding carboxylic acids is 1. The van der Waals surface area contributed by atoms with Crippen molar-refractivity contribution in [3.8, 4) is 11.5 Å². The molecular formula is C21H23N3O3S. The van der Waals surface area contributed by atoms with Crippen LogP contribution >= 0.6 is 12.2 Å². The van der Waals surface area contributed by atoms with Gasteiger partial charge in [-0.1, -0.05) is 36.9 Å². The Kier molecular flexibility index (Phi) is 8.55. The maximum atomic E-state index is 11.9. The molecule has 1 amide bonds. The van der Waals surface area contributed by atoms with E-state index in [1.807, 2.05) is 48.5 Å². The van der Waals surface area contributed by atoms with E-state index in [-0.39, 0.29) is 5.91 Å². The minimum absolute atomic E-state index is 0.319. The third-order valence-electron chi connectivity index (χ3n) is 3.59. The monoisotopic (exact) mass is 397 g/mol. The van der Waals surface area contributed by atoms with Crippen molar-refractivity contribution in [2.24, 2.45) is 0 Å². The lowest BCUT2D eigenvalue weighted by Crippen LogP contribution is -2.45. The Labute approximate surface area is 170 Å². The van der Waals surface area contributed by atoms with Gasteiger partial charge in [0.2, 0.25) is 0 Å². The smallest absolute Gasteiger partial charge is 0.262 e. The van der Waals surface area contributed by atoms with E-state index in [0.29, 0.717) is 18.3 Å². The summed E-state index contributed by atoms with van der Waals surface area (Å²) in [7, 11) is 1.62. The maximum Gasteiger partial charge on any atom is 0.262 e. The van der Waals surface area contributed by atoms with E-state index in [4.69, 9.17) is 21.7 Å². The summed E-state index contributed by atoms with van der Waals surface area (Å²) < 4.78 is 10.5. The minimum atomic E-state index is -0.319. The molecule has 7 heteroatoms. The van der Waals surface area contributed by atoms with E-state index >= 15 is 0 Å². The lowest BCUT2D eigenvalue weighted by atomic mass is 10.2. The molecule has 3 N–H and O–H groups in total. The Balaban J connectivity index is 1.71. The molecule has 0 heterocycles. The van der Waals surface area contributed by atoms with Crippen LogP contribution in [0.5, 0.6) is 11.5 Å². The van der Waals surface area contributed by atoms with Crippen LogP contribution in [0.25, 0.3) is 6.08 Å². The average molecular weight is 398 g/mol. The second-order valence-electron chi connectivity index (χ2n) is 5.65. The highest BCUT2D eigenvalue weighted by Gasteiger charge is 2.00. The highest BCUT2D eigenvalue weighted by Crippen LogP contribution is 2.13. The summed E-state index contributed by atoms with van der Waals surface area (Å²) in [6, 6.07) is 15.0. The number of ether oxygens (including phenoxy) is 2. The summed E-state index contributed by atoms with van der Waals surface area (Å²) in [6.45, 7) is 4.58. The predicted molar refractivity (Wildman–Crippen MR) is 115 cm³/mol. The zero-order chi connectivity index (χ0) is 20.2. The van der Waals surface area contributed by atoms with Gasteiger partial charge in [-0.2, -0.15) is 0 Å². The molecule has 146 valence electrons. The lowest BCUT2D eigenvalue weighted by Gasteiger charge is -2.11. The highest BCUT2D eigenvalue weighted by molar-refractivity contribution is 7.80. The van der Waals surface area contributed by atoms with Crippen molar-refractivity contribution in [3.05, 3.63) is 78.4 Å². The van der Waals surface area contributed by atoms with Crippen LogP contribution in [-0.4, -0.2) is 24.7 Å². The fourth-order valence-electron chi connectivity index (χ4n) is 2.13. The summed E-state index contributed by atoms with van der Waals surface area (Å²) in [5.41, 5.74) is 7.09. The number of methoxy groups -OCH3 is 1. The Morgan fingerprint density at radius 1 is 1.07 bits per heavy atom. The van der Waals surface area contributed by atoms with Gasteiger partial charge in [-0.25, -0.2) is 0 Å². The number of hydrazine groups is 1. The molecule has 0 aliphatic carbocycles. The molecule has 6 nitrogen and oxygen atoms in total. The molecule has 0 atom stereocenters. The second-order valence-corrected chi connectivity index (χ2v) is 6.06. The van der Waals surface area contributed by atoms with Crippen LogP contribution in [0.15, 0.2) is 67.3 Å². The van der Waals surface area contributed by atoms with Crippen molar-refractivity contribution in [2.75, 3.05) is 13.7 Å². The number of benzene rings is 2. The molecule has 2 aromatic carbocycles. The highest BCUT2D eigenvalue weighted by atomic mass is 32.1. The van der Waals surface area contributed by atoms with Gasteiger partial charge < -0.3 is 14.8 Å². The number of hydrogen-bond acceptors (Lipinski definition) is 4. The van der Waals surface area contributed by atoms with Gasteiger partial charge >= 0.3 is 0 Å². The largest absolute Gasteiger partial charge is 0.497 e. The van der Waals surface area contributed by atoms with Crippen LogP contribution in [0.3, 0.4) is 0 Å². The number of rotatable bonds is 8. The topological polar surface area (TPSA) is 71.6 Å². The third kappa shape index (κ3) is 7.51. The zero-order valence-electron chi connectivity index (χ0n) is 15.6. The minimum Gasteiger partial charge on any atom is -0.497 e. The molecule has 2 aromatic rings. The normalized spacial score (nSPS) is 10.2. The summed E-state index contributed by atoms with van der Waals surface area (Å²) >= 11 is 5.14. The third-order valence-corrected chi connectivity index (χ3v) is 3.83. The predicted octanol–water partition coefficient (Wildman–Crippen LogP) is 2.97. The standard InChI is InChI=1S/C21H23N3O3S/c1-3-14-27-19-11-4-16(5-12-19)8-13-20(25)23-24-21(28)22-15-17-6-9-18(26-2)10-7-17/h3-13H,1,14-15H2,2H3,(H,23,25)(H2,22,24,28)/b13-8+. The van der Waals surface area contributed by atoms with Crippen LogP contribution < -0.4 is 25.6 Å². The van der Waals surface area contributed by atoms with Crippen molar-refractivity contribution in [1.29, 1.82) is 0 Å². The Morgan fingerprint density at radius 2 is 1.75 bits per heavy atom. The fourth-order valence-corrected chi connectivity index (χ4v) is 2.26. The summed E-state index contributed by atoms with van der Waals surface area (Å²) in [4.78, 5) is 11.9. The molecule has 0 aliphatic heterocycles. The number of carbonyl (C=O) groups is 1. The van der Waals surface area contributed by atoms with Gasteiger partial charge in [-0.05, 0) is 53.7 Å². The van der Waals surface area contributed by atoms with Gasteiger partial charge in [-0.3, -0.25) is 15.6 Å². The van der Waals surface area contributed by atoms with Gasteiger partial charge in [0.1, 0.15) is 18.1 Å². The first-order valence-corrected chi connectivity index (χ1v) is 9.00. The Morgan fingerprint density at radius 3 is 2.39 bits per heavy atom. The van der Waals surface area contributed by atoms with E-state index in [9.17, 15) is 4.79 Å². The summed E-state index contributed by atoms with van der Waals surface area (Å²) in [6.07, 6.45) is 4.79. The Hall–Kier alpha value is -3.32. The van der Waals surface area contributed by atoms with Crippen LogP contribution in [-0.2, 0) is 11.3 Å². The zero-order valence-corrected chi connectivity index (χ0v) is 16.4. The van der Waals surface area contributed by atoms with Crippen molar-refractivity contribution < 1.29 is 14.3 Å². The van der Waals surface area contributed by atoms with E-state index in [0.717, 1.165) is 22.6 Å². The van der Waals surface area contributed by atoms with Crippen LogP contribution in [0, 0.1) is 0 Å². The molecular weight excluding hydrogens is 374 g/mol. The summed E-state index contributed by atoms with van der Waals surface area (Å²) in [5.74, 6) is 1.22. The van der Waals surface area contributed by atoms with Crippen molar-refractivity contribution >= 4 is 29.3 Å². The fraction of sp³-hybridized carbons (Fsp3) is 0.143. The molecule has 0 fully saturated rings. The van der Waals surface area contributed by atoms with Gasteiger partial charge in [0, 0.05) is 12.6 Å². The molecule has 0 radical (unpaired) electrons. The van der Waals surface area contributed by atoms with E-state index < -0.39 is 0 Å². The molecule has 28 heavy (non-hydrogen) atoms. The quantitative estimate of drug-likeness (QED) is 0.275. The number of hydrogen-bond donors (Lipinski definition) is 3. The van der Waals surface area contributed by atoms with E-state index in [1.165, 1.54) is 6.08 Å². The van der Waals surface area contributed by atoms with Crippen LogP contribution in [0.2, 0.25) is 0 Å². The maximum absolute atomic E-state index is 11.9. The molecule has 2 rings (SSSR count). The number of thiocarbonyl (C=S) groups is 1. The summed E-state index contributed by atoms with van der Waals surface area (Å²) in [5, 5.41) is 3.33. The van der Waals surface area contributed by atoms with Crippen molar-refractivity contribution in [2.45, 2.75) is 6.54 Å². The van der Waals surface area contributed by atoms with Gasteiger partial charge in [0.15, 0.2) is 5.11 Å². The van der Waals surface area contributed by atoms with Crippen molar-refractivity contribution in [3.63, 3.8) is 0 Å². The molecule has 0 saturated heterocycles. The van der Waals surface area contributed by atoms with Gasteiger partial charge in [-0.15, -0.1) is 0 Å². The molecule has 0 saturated carbocycles. The lowest BCUT2D eigenvalue weighted by molar-refractivity contribution is -0.116. The Bertz CT molecular complexity index is 818. The molecule has 0 spiro atoms. The first-order chi connectivity index (χ1) is 13.6. The van der Waals surface area contributed by atoms with Gasteiger partial charge in [0.25, 0.3) is 5.91 Å². The first-order valence-electron chi connectivity index (χ1n) is 8.59. The molecule has 0 aliphatic rings.